The molecular weight excluding hydrogens is 394 g/mol. The second-order valence-electron chi connectivity index (χ2n) is 7.65. The van der Waals surface area contributed by atoms with Gasteiger partial charge in [0.25, 0.3) is 0 Å². The number of carbonyl (C=O) groups excluding carboxylic acids is 1. The molecule has 1 aliphatic rings. The maximum atomic E-state index is 12.3. The third kappa shape index (κ3) is 5.51. The van der Waals surface area contributed by atoms with E-state index in [1.807, 2.05) is 49.4 Å². The predicted molar refractivity (Wildman–Crippen MR) is 120 cm³/mol. The topological polar surface area (TPSA) is 75.0 Å². The van der Waals surface area contributed by atoms with Crippen molar-refractivity contribution in [2.45, 2.75) is 13.5 Å². The first-order chi connectivity index (χ1) is 15.1. The van der Waals surface area contributed by atoms with Gasteiger partial charge in [-0.25, -0.2) is 4.79 Å². The average Bonchev–Trinajstić information content (AvgIpc) is 2.76. The number of ether oxygens (including phenoxy) is 1. The third-order valence-corrected chi connectivity index (χ3v) is 5.39. The monoisotopic (exact) mass is 421 g/mol. The van der Waals surface area contributed by atoms with Crippen LogP contribution in [0.3, 0.4) is 0 Å². The summed E-state index contributed by atoms with van der Waals surface area (Å²) in [5.41, 5.74) is 1.97. The van der Waals surface area contributed by atoms with Crippen LogP contribution in [0.15, 0.2) is 63.8 Å². The Labute approximate surface area is 181 Å². The minimum absolute atomic E-state index is 0.00485. The molecule has 7 heteroatoms. The van der Waals surface area contributed by atoms with Gasteiger partial charge in [0.1, 0.15) is 11.3 Å². The van der Waals surface area contributed by atoms with Crippen molar-refractivity contribution in [1.29, 1.82) is 0 Å². The van der Waals surface area contributed by atoms with E-state index < -0.39 is 0 Å². The molecule has 1 N–H and O–H groups in total. The molecule has 0 aliphatic carbocycles. The van der Waals surface area contributed by atoms with Gasteiger partial charge in [-0.15, -0.1) is 0 Å². The first kappa shape index (κ1) is 21.1. The van der Waals surface area contributed by atoms with Gasteiger partial charge in [0, 0.05) is 49.9 Å². The van der Waals surface area contributed by atoms with Crippen LogP contribution in [-0.2, 0) is 11.3 Å². The van der Waals surface area contributed by atoms with E-state index in [0.29, 0.717) is 25.3 Å². The van der Waals surface area contributed by atoms with Crippen molar-refractivity contribution in [3.63, 3.8) is 0 Å². The fourth-order valence-electron chi connectivity index (χ4n) is 3.87. The highest BCUT2D eigenvalue weighted by atomic mass is 16.5. The number of anilines is 1. The molecule has 0 spiro atoms. The molecule has 0 unspecified atom stereocenters. The molecule has 162 valence electrons. The Morgan fingerprint density at radius 3 is 2.52 bits per heavy atom. The number of nitrogens with one attached hydrogen (secondary N) is 1. The number of benzene rings is 2. The normalized spacial score (nSPS) is 15.1. The molecule has 4 rings (SSSR count). The summed E-state index contributed by atoms with van der Waals surface area (Å²) < 4.78 is 11.0. The van der Waals surface area contributed by atoms with Crippen molar-refractivity contribution >= 4 is 22.6 Å². The fourth-order valence-corrected chi connectivity index (χ4v) is 3.87. The maximum absolute atomic E-state index is 12.3. The van der Waals surface area contributed by atoms with Gasteiger partial charge in [0.05, 0.1) is 13.2 Å². The van der Waals surface area contributed by atoms with Crippen molar-refractivity contribution in [2.75, 3.05) is 44.6 Å². The zero-order valence-corrected chi connectivity index (χ0v) is 17.7. The molecule has 1 saturated heterocycles. The molecule has 2 aromatic carbocycles. The van der Waals surface area contributed by atoms with E-state index in [4.69, 9.17) is 9.15 Å². The molecule has 7 nitrogen and oxygen atoms in total. The Morgan fingerprint density at radius 2 is 1.77 bits per heavy atom. The van der Waals surface area contributed by atoms with Gasteiger partial charge in [-0.3, -0.25) is 14.6 Å². The van der Waals surface area contributed by atoms with Crippen LogP contribution in [0.2, 0.25) is 0 Å². The zero-order chi connectivity index (χ0) is 21.6. The van der Waals surface area contributed by atoms with E-state index in [0.717, 1.165) is 48.6 Å². The van der Waals surface area contributed by atoms with Gasteiger partial charge in [0.2, 0.25) is 5.91 Å². The van der Waals surface area contributed by atoms with Crippen LogP contribution in [0.5, 0.6) is 5.75 Å². The summed E-state index contributed by atoms with van der Waals surface area (Å²) in [5.74, 6) is 0.758. The second kappa shape index (κ2) is 9.76. The Bertz CT molecular complexity index is 1090. The van der Waals surface area contributed by atoms with Crippen molar-refractivity contribution < 1.29 is 13.9 Å². The van der Waals surface area contributed by atoms with Crippen LogP contribution >= 0.6 is 0 Å². The highest BCUT2D eigenvalue weighted by Gasteiger charge is 2.20. The zero-order valence-electron chi connectivity index (χ0n) is 17.7. The number of carbonyl (C=O) groups is 1. The summed E-state index contributed by atoms with van der Waals surface area (Å²) >= 11 is 0. The molecule has 0 bridgehead atoms. The highest BCUT2D eigenvalue weighted by molar-refractivity contribution is 5.92. The first-order valence-electron chi connectivity index (χ1n) is 10.6. The van der Waals surface area contributed by atoms with Crippen molar-refractivity contribution in [3.05, 3.63) is 70.6 Å². The third-order valence-electron chi connectivity index (χ3n) is 5.39. The maximum Gasteiger partial charge on any atom is 0.336 e. The summed E-state index contributed by atoms with van der Waals surface area (Å²) in [7, 11) is 0. The lowest BCUT2D eigenvalue weighted by molar-refractivity contribution is -0.117. The molecule has 2 heterocycles. The molecule has 31 heavy (non-hydrogen) atoms. The quantitative estimate of drug-likeness (QED) is 0.592. The standard InChI is InChI=1S/C24H27N3O4/c1-2-30-20-8-9-22-21(15-20)18(14-24(29)31-22)16-26-10-12-27(13-11-26)17-23(28)25-19-6-4-3-5-7-19/h3-9,14-15H,2,10-13,16-17H2,1H3,(H,25,28). The van der Waals surface area contributed by atoms with Crippen LogP contribution in [0, 0.1) is 0 Å². The predicted octanol–water partition coefficient (Wildman–Crippen LogP) is 2.95. The Hall–Kier alpha value is -3.16. The summed E-state index contributed by atoms with van der Waals surface area (Å²) in [4.78, 5) is 28.8. The van der Waals surface area contributed by atoms with Gasteiger partial charge in [-0.2, -0.15) is 0 Å². The number of piperazine rings is 1. The fraction of sp³-hybridized carbons (Fsp3) is 0.333. The molecule has 1 fully saturated rings. The van der Waals surface area contributed by atoms with Crippen molar-refractivity contribution in [1.82, 2.24) is 9.80 Å². The number of para-hydroxylation sites is 1. The van der Waals surface area contributed by atoms with Gasteiger partial charge >= 0.3 is 5.63 Å². The number of amides is 1. The number of nitrogens with zero attached hydrogens (tertiary/aromatic N) is 2. The highest BCUT2D eigenvalue weighted by Crippen LogP contribution is 2.24. The Balaban J connectivity index is 1.36. The van der Waals surface area contributed by atoms with Crippen LogP contribution in [0.25, 0.3) is 11.0 Å². The molecule has 1 amide bonds. The SMILES string of the molecule is CCOc1ccc2oc(=O)cc(CN3CCN(CC(=O)Nc4ccccc4)CC3)c2c1. The minimum Gasteiger partial charge on any atom is -0.494 e. The van der Waals surface area contributed by atoms with E-state index >= 15 is 0 Å². The van der Waals surface area contributed by atoms with Crippen molar-refractivity contribution in [3.8, 4) is 5.75 Å². The molecule has 0 saturated carbocycles. The van der Waals surface area contributed by atoms with E-state index in [2.05, 4.69) is 15.1 Å². The lowest BCUT2D eigenvalue weighted by Gasteiger charge is -2.34. The largest absolute Gasteiger partial charge is 0.494 e. The van der Waals surface area contributed by atoms with Crippen LogP contribution < -0.4 is 15.7 Å². The van der Waals surface area contributed by atoms with Gasteiger partial charge < -0.3 is 14.5 Å². The van der Waals surface area contributed by atoms with Gasteiger partial charge in [0.15, 0.2) is 0 Å². The molecule has 1 aliphatic heterocycles. The van der Waals surface area contributed by atoms with E-state index in [1.165, 1.54) is 0 Å². The van der Waals surface area contributed by atoms with E-state index in [-0.39, 0.29) is 11.5 Å². The summed E-state index contributed by atoms with van der Waals surface area (Å²) in [6.45, 7) is 6.79. The smallest absolute Gasteiger partial charge is 0.336 e. The van der Waals surface area contributed by atoms with E-state index in [1.54, 1.807) is 12.1 Å². The molecular formula is C24H27N3O4. The molecule has 1 aromatic heterocycles. The van der Waals surface area contributed by atoms with Crippen molar-refractivity contribution in [2.24, 2.45) is 0 Å². The average molecular weight is 421 g/mol. The number of hydrogen-bond donors (Lipinski definition) is 1. The minimum atomic E-state index is -0.345. The van der Waals surface area contributed by atoms with Crippen LogP contribution in [0.4, 0.5) is 5.69 Å². The lowest BCUT2D eigenvalue weighted by atomic mass is 10.1. The van der Waals surface area contributed by atoms with Crippen LogP contribution in [-0.4, -0.2) is 55.0 Å². The summed E-state index contributed by atoms with van der Waals surface area (Å²) in [6, 6.07) is 16.6. The summed E-state index contributed by atoms with van der Waals surface area (Å²) in [6.07, 6.45) is 0. The van der Waals surface area contributed by atoms with Crippen LogP contribution in [0.1, 0.15) is 12.5 Å². The van der Waals surface area contributed by atoms with Gasteiger partial charge in [-0.1, -0.05) is 18.2 Å². The molecule has 0 radical (unpaired) electrons. The second-order valence-corrected chi connectivity index (χ2v) is 7.65. The summed E-state index contributed by atoms with van der Waals surface area (Å²) in [5, 5.41) is 3.83. The number of hydrogen-bond acceptors (Lipinski definition) is 6. The number of rotatable bonds is 7. The first-order valence-corrected chi connectivity index (χ1v) is 10.6. The lowest BCUT2D eigenvalue weighted by Crippen LogP contribution is -2.48. The Kier molecular flexibility index (Phi) is 6.64. The van der Waals surface area contributed by atoms with Gasteiger partial charge in [-0.05, 0) is 42.8 Å². The number of fused-ring (bicyclic) bond motifs is 1. The van der Waals surface area contributed by atoms with E-state index in [9.17, 15) is 9.59 Å². The molecule has 3 aromatic rings. The Morgan fingerprint density at radius 1 is 1.03 bits per heavy atom. The molecule has 0 atom stereocenters.